The summed E-state index contributed by atoms with van der Waals surface area (Å²) in [4.78, 5) is 15.2. The Morgan fingerprint density at radius 3 is 2.81 bits per heavy atom. The normalized spacial score (nSPS) is 21.6. The van der Waals surface area contributed by atoms with Gasteiger partial charge in [0.25, 0.3) is 5.91 Å². The van der Waals surface area contributed by atoms with Gasteiger partial charge in [0, 0.05) is 31.2 Å². The van der Waals surface area contributed by atoms with E-state index in [0.29, 0.717) is 23.0 Å². The zero-order valence-electron chi connectivity index (χ0n) is 12.1. The van der Waals surface area contributed by atoms with Crippen LogP contribution in [0.15, 0.2) is 12.7 Å². The van der Waals surface area contributed by atoms with Crippen LogP contribution in [-0.2, 0) is 0 Å². The number of nitrogens with two attached hydrogens (primary N) is 2. The number of nitrogen functional groups attached to an aromatic ring is 1. The zero-order valence-corrected chi connectivity index (χ0v) is 12.9. The van der Waals surface area contributed by atoms with Crippen LogP contribution in [0, 0.1) is 0 Å². The van der Waals surface area contributed by atoms with Crippen LogP contribution in [0.25, 0.3) is 0 Å². The minimum absolute atomic E-state index is 0.103. The van der Waals surface area contributed by atoms with Crippen LogP contribution in [0.1, 0.15) is 40.4 Å². The lowest BCUT2D eigenvalue weighted by Gasteiger charge is -2.18. The van der Waals surface area contributed by atoms with Crippen molar-refractivity contribution in [2.75, 3.05) is 30.3 Å². The summed E-state index contributed by atoms with van der Waals surface area (Å²) in [5, 5.41) is 3.98. The molecule has 6 heteroatoms. The van der Waals surface area contributed by atoms with Crippen molar-refractivity contribution in [1.82, 2.24) is 5.32 Å². The molecule has 1 saturated heterocycles. The summed E-state index contributed by atoms with van der Waals surface area (Å²) in [6.07, 6.45) is 5.01. The summed E-state index contributed by atoms with van der Waals surface area (Å²) in [5.74, 6) is 0.420. The largest absolute Gasteiger partial charge is 0.397 e. The summed E-state index contributed by atoms with van der Waals surface area (Å²) < 4.78 is 0. The fourth-order valence-electron chi connectivity index (χ4n) is 2.83. The molecule has 1 amide bonds. The summed E-state index contributed by atoms with van der Waals surface area (Å²) in [6.45, 7) is 5.88. The minimum atomic E-state index is -0.103. The standard InChI is InChI=1S/C15H22N4OS/c1-2-6-18-14(20)13-12(17)11(9-3-4-9)15(21-13)19-7-5-10(16)8-19/h2,9-10H,1,3-8,16-17H2,(H,18,20). The highest BCUT2D eigenvalue weighted by Crippen LogP contribution is 2.52. The van der Waals surface area contributed by atoms with Crippen LogP contribution in [0.4, 0.5) is 10.7 Å². The molecule has 1 aliphatic carbocycles. The Kier molecular flexibility index (Phi) is 3.91. The number of hydrogen-bond donors (Lipinski definition) is 3. The monoisotopic (exact) mass is 306 g/mol. The second-order valence-corrected chi connectivity index (χ2v) is 6.83. The van der Waals surface area contributed by atoms with E-state index in [2.05, 4.69) is 16.8 Å². The summed E-state index contributed by atoms with van der Waals surface area (Å²) in [5.41, 5.74) is 14.1. The number of nitrogens with one attached hydrogen (secondary N) is 1. The van der Waals surface area contributed by atoms with E-state index in [0.717, 1.165) is 24.5 Å². The van der Waals surface area contributed by atoms with Crippen LogP contribution in [-0.4, -0.2) is 31.6 Å². The van der Waals surface area contributed by atoms with E-state index < -0.39 is 0 Å². The lowest BCUT2D eigenvalue weighted by Crippen LogP contribution is -2.26. The summed E-state index contributed by atoms with van der Waals surface area (Å²) >= 11 is 1.51. The van der Waals surface area contributed by atoms with Gasteiger partial charge in [-0.2, -0.15) is 0 Å². The smallest absolute Gasteiger partial charge is 0.263 e. The topological polar surface area (TPSA) is 84.4 Å². The van der Waals surface area contributed by atoms with Crippen LogP contribution in [0.2, 0.25) is 0 Å². The van der Waals surface area contributed by atoms with Crippen molar-refractivity contribution in [2.45, 2.75) is 31.2 Å². The summed E-state index contributed by atoms with van der Waals surface area (Å²) in [6, 6.07) is 0.221. The van der Waals surface area contributed by atoms with E-state index in [9.17, 15) is 4.79 Å². The molecule has 1 unspecified atom stereocenters. The van der Waals surface area contributed by atoms with Crippen LogP contribution < -0.4 is 21.7 Å². The Balaban J connectivity index is 1.91. The third-order valence-electron chi connectivity index (χ3n) is 4.07. The number of anilines is 2. The van der Waals surface area contributed by atoms with Crippen molar-refractivity contribution in [2.24, 2.45) is 5.73 Å². The van der Waals surface area contributed by atoms with E-state index in [1.807, 2.05) is 0 Å². The van der Waals surface area contributed by atoms with Gasteiger partial charge in [0.05, 0.1) is 10.7 Å². The molecule has 0 aromatic carbocycles. The Labute approximate surface area is 129 Å². The molecule has 1 aromatic heterocycles. The lowest BCUT2D eigenvalue weighted by atomic mass is 10.1. The Morgan fingerprint density at radius 1 is 1.48 bits per heavy atom. The predicted octanol–water partition coefficient (Wildman–Crippen LogP) is 1.66. The first-order chi connectivity index (χ1) is 10.1. The van der Waals surface area contributed by atoms with Gasteiger partial charge in [-0.15, -0.1) is 17.9 Å². The van der Waals surface area contributed by atoms with Crippen molar-refractivity contribution in [3.05, 3.63) is 23.1 Å². The van der Waals surface area contributed by atoms with E-state index in [1.54, 1.807) is 6.08 Å². The average molecular weight is 306 g/mol. The second-order valence-electron chi connectivity index (χ2n) is 5.83. The predicted molar refractivity (Wildman–Crippen MR) is 88.0 cm³/mol. The first-order valence-electron chi connectivity index (χ1n) is 7.43. The number of carbonyl (C=O) groups is 1. The third kappa shape index (κ3) is 2.78. The molecule has 2 aliphatic rings. The molecule has 1 saturated carbocycles. The lowest BCUT2D eigenvalue weighted by molar-refractivity contribution is 0.0963. The first-order valence-corrected chi connectivity index (χ1v) is 8.25. The van der Waals surface area contributed by atoms with Crippen LogP contribution >= 0.6 is 11.3 Å². The van der Waals surface area contributed by atoms with E-state index in [1.165, 1.54) is 29.7 Å². The molecule has 1 aliphatic heterocycles. The maximum absolute atomic E-state index is 12.2. The minimum Gasteiger partial charge on any atom is -0.397 e. The molecule has 1 atom stereocenters. The molecule has 21 heavy (non-hydrogen) atoms. The number of carbonyl (C=O) groups excluding carboxylic acids is 1. The van der Waals surface area contributed by atoms with Gasteiger partial charge in [0.15, 0.2) is 0 Å². The van der Waals surface area contributed by atoms with Gasteiger partial charge in [0.2, 0.25) is 0 Å². The van der Waals surface area contributed by atoms with Crippen LogP contribution in [0.3, 0.4) is 0 Å². The molecule has 0 spiro atoms. The fourth-order valence-corrected chi connectivity index (χ4v) is 4.09. The van der Waals surface area contributed by atoms with Crippen molar-refractivity contribution >= 4 is 27.9 Å². The molecule has 114 valence electrons. The maximum atomic E-state index is 12.2. The highest BCUT2D eigenvalue weighted by atomic mass is 32.1. The molecule has 5 N–H and O–H groups in total. The Morgan fingerprint density at radius 2 is 2.24 bits per heavy atom. The molecule has 2 fully saturated rings. The molecule has 0 radical (unpaired) electrons. The highest BCUT2D eigenvalue weighted by Gasteiger charge is 2.35. The fraction of sp³-hybridized carbons (Fsp3) is 0.533. The van der Waals surface area contributed by atoms with Crippen LogP contribution in [0.5, 0.6) is 0 Å². The molecular weight excluding hydrogens is 284 g/mol. The zero-order chi connectivity index (χ0) is 15.0. The number of nitrogens with zero attached hydrogens (tertiary/aromatic N) is 1. The second kappa shape index (κ2) is 5.69. The molecule has 5 nitrogen and oxygen atoms in total. The maximum Gasteiger partial charge on any atom is 0.263 e. The number of amides is 1. The van der Waals surface area contributed by atoms with E-state index in [4.69, 9.17) is 11.5 Å². The Hall–Kier alpha value is -1.53. The van der Waals surface area contributed by atoms with Gasteiger partial charge in [-0.25, -0.2) is 0 Å². The van der Waals surface area contributed by atoms with Gasteiger partial charge in [-0.3, -0.25) is 4.79 Å². The van der Waals surface area contributed by atoms with Crippen molar-refractivity contribution in [3.63, 3.8) is 0 Å². The van der Waals surface area contributed by atoms with Gasteiger partial charge < -0.3 is 21.7 Å². The quantitative estimate of drug-likeness (QED) is 0.722. The average Bonchev–Trinajstić information content (AvgIpc) is 3.11. The SMILES string of the molecule is C=CCNC(=O)c1sc(N2CCC(N)C2)c(C2CC2)c1N. The van der Waals surface area contributed by atoms with Gasteiger partial charge in [-0.05, 0) is 25.2 Å². The van der Waals surface area contributed by atoms with E-state index >= 15 is 0 Å². The van der Waals surface area contributed by atoms with Crippen molar-refractivity contribution in [3.8, 4) is 0 Å². The molecule has 3 rings (SSSR count). The first kappa shape index (κ1) is 14.4. The molecule has 1 aromatic rings. The molecule has 0 bridgehead atoms. The number of rotatable bonds is 5. The number of thiophene rings is 1. The van der Waals surface area contributed by atoms with E-state index in [-0.39, 0.29) is 11.9 Å². The highest BCUT2D eigenvalue weighted by molar-refractivity contribution is 7.18. The Bertz CT molecular complexity index is 564. The van der Waals surface area contributed by atoms with Crippen molar-refractivity contribution < 1.29 is 4.79 Å². The van der Waals surface area contributed by atoms with Gasteiger partial charge in [-0.1, -0.05) is 6.08 Å². The number of hydrogen-bond acceptors (Lipinski definition) is 5. The van der Waals surface area contributed by atoms with Gasteiger partial charge in [0.1, 0.15) is 4.88 Å². The molecule has 2 heterocycles. The summed E-state index contributed by atoms with van der Waals surface area (Å²) in [7, 11) is 0. The molecular formula is C15H22N4OS. The van der Waals surface area contributed by atoms with Crippen molar-refractivity contribution in [1.29, 1.82) is 0 Å². The third-order valence-corrected chi connectivity index (χ3v) is 5.36. The van der Waals surface area contributed by atoms with Gasteiger partial charge >= 0.3 is 0 Å².